The summed E-state index contributed by atoms with van der Waals surface area (Å²) in [6.45, 7) is 0. The first-order valence-electron chi connectivity index (χ1n) is 5.38. The zero-order valence-electron chi connectivity index (χ0n) is 10.1. The number of hydrogen-bond acceptors (Lipinski definition) is 4. The summed E-state index contributed by atoms with van der Waals surface area (Å²) in [5.41, 5.74) is 4.24. The molecule has 0 aliphatic heterocycles. The Labute approximate surface area is 125 Å². The van der Waals surface area contributed by atoms with Crippen molar-refractivity contribution >= 4 is 46.1 Å². The number of hydrazone groups is 1. The molecule has 0 atom stereocenters. The average molecular weight is 311 g/mol. The van der Waals surface area contributed by atoms with E-state index in [-0.39, 0.29) is 0 Å². The zero-order valence-corrected chi connectivity index (χ0v) is 12.4. The molecule has 2 aromatic rings. The monoisotopic (exact) mass is 310 g/mol. The Morgan fingerprint density at radius 2 is 2.21 bits per heavy atom. The van der Waals surface area contributed by atoms with Crippen LogP contribution in [0.4, 0.5) is 0 Å². The van der Waals surface area contributed by atoms with E-state index in [9.17, 15) is 0 Å². The van der Waals surface area contributed by atoms with Crippen LogP contribution >= 0.6 is 35.6 Å². The van der Waals surface area contributed by atoms with E-state index in [1.165, 1.54) is 18.0 Å². The fourth-order valence-corrected chi connectivity index (χ4v) is 1.75. The second kappa shape index (κ2) is 6.70. The largest absolute Gasteiger partial charge is 0.328 e. The Kier molecular flexibility index (Phi) is 4.95. The smallest absolute Gasteiger partial charge is 0.153 e. The van der Waals surface area contributed by atoms with Crippen LogP contribution in [-0.2, 0) is 0 Å². The highest BCUT2D eigenvalue weighted by molar-refractivity contribution is 8.22. The molecular formula is C12H11ClN4S2. The summed E-state index contributed by atoms with van der Waals surface area (Å²) in [5.74, 6) is 0.708. The van der Waals surface area contributed by atoms with E-state index in [4.69, 9.17) is 23.8 Å². The van der Waals surface area contributed by atoms with Gasteiger partial charge in [0.05, 0.1) is 6.21 Å². The summed E-state index contributed by atoms with van der Waals surface area (Å²) in [5, 5.41) is 4.42. The minimum absolute atomic E-state index is 0.444. The van der Waals surface area contributed by atoms with Gasteiger partial charge in [-0.05, 0) is 6.26 Å². The number of thioether (sulfide) groups is 1. The number of nitrogens with one attached hydrogen (secondary N) is 2. The summed E-state index contributed by atoms with van der Waals surface area (Å²) >= 11 is 12.4. The molecule has 0 aliphatic carbocycles. The fourth-order valence-electron chi connectivity index (χ4n) is 1.38. The molecule has 1 aromatic carbocycles. The van der Waals surface area contributed by atoms with Crippen molar-refractivity contribution in [2.24, 2.45) is 5.10 Å². The van der Waals surface area contributed by atoms with E-state index in [1.54, 1.807) is 0 Å². The number of halogens is 1. The van der Waals surface area contributed by atoms with Gasteiger partial charge in [0.15, 0.2) is 4.32 Å². The molecule has 0 bridgehead atoms. The van der Waals surface area contributed by atoms with Gasteiger partial charge in [0, 0.05) is 5.56 Å². The van der Waals surface area contributed by atoms with Crippen molar-refractivity contribution in [2.45, 2.75) is 0 Å². The van der Waals surface area contributed by atoms with Gasteiger partial charge in [-0.25, -0.2) is 4.98 Å². The van der Waals surface area contributed by atoms with Gasteiger partial charge in [0.25, 0.3) is 0 Å². The molecule has 0 amide bonds. The van der Waals surface area contributed by atoms with Gasteiger partial charge in [-0.1, -0.05) is 65.9 Å². The highest BCUT2D eigenvalue weighted by Gasteiger charge is 2.07. The van der Waals surface area contributed by atoms with Gasteiger partial charge < -0.3 is 4.98 Å². The number of imidazole rings is 1. The number of thiocarbonyl (C=S) groups is 1. The summed E-state index contributed by atoms with van der Waals surface area (Å²) in [6, 6.07) is 9.74. The van der Waals surface area contributed by atoms with Crippen molar-refractivity contribution in [3.8, 4) is 11.4 Å². The first-order valence-corrected chi connectivity index (χ1v) is 7.39. The van der Waals surface area contributed by atoms with E-state index in [0.717, 1.165) is 5.56 Å². The van der Waals surface area contributed by atoms with Crippen molar-refractivity contribution in [2.75, 3.05) is 6.26 Å². The summed E-state index contributed by atoms with van der Waals surface area (Å²) in [7, 11) is 0. The maximum absolute atomic E-state index is 6.07. The fraction of sp³-hybridized carbons (Fsp3) is 0.0833. The second-order valence-corrected chi connectivity index (χ2v) is 5.37. The number of hydrogen-bond donors (Lipinski definition) is 2. The molecule has 0 spiro atoms. The lowest BCUT2D eigenvalue weighted by molar-refractivity contribution is 1.07. The molecule has 2 N–H and O–H groups in total. The summed E-state index contributed by atoms with van der Waals surface area (Å²) in [6.07, 6.45) is 3.41. The Bertz CT molecular complexity index is 595. The van der Waals surface area contributed by atoms with Gasteiger partial charge >= 0.3 is 0 Å². The van der Waals surface area contributed by atoms with E-state index in [1.807, 2.05) is 36.6 Å². The van der Waals surface area contributed by atoms with Gasteiger partial charge in [-0.2, -0.15) is 5.10 Å². The molecule has 0 saturated heterocycles. The normalized spacial score (nSPS) is 10.8. The first-order chi connectivity index (χ1) is 9.20. The van der Waals surface area contributed by atoms with Gasteiger partial charge in [-0.15, -0.1) is 0 Å². The van der Waals surface area contributed by atoms with Crippen LogP contribution in [0.2, 0.25) is 5.15 Å². The van der Waals surface area contributed by atoms with E-state index < -0.39 is 0 Å². The summed E-state index contributed by atoms with van der Waals surface area (Å²) in [4.78, 5) is 7.39. The van der Waals surface area contributed by atoms with Crippen LogP contribution in [0.25, 0.3) is 11.4 Å². The maximum atomic E-state index is 6.07. The maximum Gasteiger partial charge on any atom is 0.153 e. The molecule has 0 aliphatic rings. The van der Waals surface area contributed by atoms with Crippen LogP contribution in [0, 0.1) is 0 Å². The summed E-state index contributed by atoms with van der Waals surface area (Å²) < 4.78 is 0.589. The van der Waals surface area contributed by atoms with Crippen LogP contribution in [0.5, 0.6) is 0 Å². The predicted octanol–water partition coefficient (Wildman–Crippen LogP) is 3.30. The first kappa shape index (κ1) is 14.0. The standard InChI is InChI=1S/C12H11ClN4S2/c1-19-12(18)17-14-7-9-10(13)16-11(15-9)8-5-3-2-4-6-8/h2-7H,1H3,(H,15,16)(H,17,18). The van der Waals surface area contributed by atoms with E-state index in [0.29, 0.717) is 21.0 Å². The topological polar surface area (TPSA) is 53.1 Å². The number of aromatic nitrogens is 2. The van der Waals surface area contributed by atoms with Gasteiger partial charge in [-0.3, -0.25) is 5.43 Å². The number of benzene rings is 1. The zero-order chi connectivity index (χ0) is 13.7. The SMILES string of the molecule is CSC(=S)NN=Cc1nc(-c2ccccc2)[nH]c1Cl. The highest BCUT2D eigenvalue weighted by atomic mass is 35.5. The van der Waals surface area contributed by atoms with Crippen LogP contribution < -0.4 is 5.43 Å². The minimum Gasteiger partial charge on any atom is -0.328 e. The second-order valence-electron chi connectivity index (χ2n) is 3.51. The Balaban J connectivity index is 2.16. The number of nitrogens with zero attached hydrogens (tertiary/aromatic N) is 2. The molecule has 19 heavy (non-hydrogen) atoms. The lowest BCUT2D eigenvalue weighted by Gasteiger charge is -1.95. The van der Waals surface area contributed by atoms with Crippen LogP contribution in [0.3, 0.4) is 0 Å². The molecule has 0 fully saturated rings. The minimum atomic E-state index is 0.444. The third-order valence-electron chi connectivity index (χ3n) is 2.26. The number of H-pyrrole nitrogens is 1. The molecule has 7 heteroatoms. The number of rotatable bonds is 3. The molecule has 1 heterocycles. The quantitative estimate of drug-likeness (QED) is 0.519. The molecule has 2 rings (SSSR count). The molecule has 0 radical (unpaired) electrons. The van der Waals surface area contributed by atoms with Crippen molar-refractivity contribution < 1.29 is 0 Å². The Hall–Kier alpha value is -1.37. The number of aromatic amines is 1. The van der Waals surface area contributed by atoms with Gasteiger partial charge in [0.2, 0.25) is 0 Å². The van der Waals surface area contributed by atoms with Gasteiger partial charge in [0.1, 0.15) is 16.7 Å². The lowest BCUT2D eigenvalue weighted by Crippen LogP contribution is -2.10. The van der Waals surface area contributed by atoms with Crippen molar-refractivity contribution in [3.05, 3.63) is 41.2 Å². The molecule has 0 saturated carbocycles. The third-order valence-corrected chi connectivity index (χ3v) is 3.60. The third kappa shape index (κ3) is 3.79. The van der Waals surface area contributed by atoms with Crippen LogP contribution in [0.15, 0.2) is 35.4 Å². The van der Waals surface area contributed by atoms with Crippen LogP contribution in [0.1, 0.15) is 5.69 Å². The highest BCUT2D eigenvalue weighted by Crippen LogP contribution is 2.19. The molecule has 4 nitrogen and oxygen atoms in total. The Morgan fingerprint density at radius 3 is 2.89 bits per heavy atom. The average Bonchev–Trinajstić information content (AvgIpc) is 2.81. The predicted molar refractivity (Wildman–Crippen MR) is 85.9 cm³/mol. The van der Waals surface area contributed by atoms with E-state index >= 15 is 0 Å². The van der Waals surface area contributed by atoms with Crippen LogP contribution in [-0.4, -0.2) is 26.8 Å². The van der Waals surface area contributed by atoms with Crippen molar-refractivity contribution in [1.82, 2.24) is 15.4 Å². The van der Waals surface area contributed by atoms with Crippen molar-refractivity contribution in [1.29, 1.82) is 0 Å². The Morgan fingerprint density at radius 1 is 1.47 bits per heavy atom. The molecule has 0 unspecified atom stereocenters. The molecule has 98 valence electrons. The molecular weight excluding hydrogens is 300 g/mol. The molecule has 1 aromatic heterocycles. The lowest BCUT2D eigenvalue weighted by atomic mass is 10.2. The van der Waals surface area contributed by atoms with Crippen molar-refractivity contribution in [3.63, 3.8) is 0 Å². The van der Waals surface area contributed by atoms with E-state index in [2.05, 4.69) is 20.5 Å².